The number of imide groups is 2. The number of rotatable bonds is 14. The number of carboxylic acid groups (broad SMARTS) is 1. The summed E-state index contributed by atoms with van der Waals surface area (Å²) in [4.78, 5) is 54.6. The van der Waals surface area contributed by atoms with Crippen LogP contribution in [0.5, 0.6) is 5.75 Å². The Kier molecular flexibility index (Phi) is 14.3. The van der Waals surface area contributed by atoms with Crippen LogP contribution in [0, 0.1) is 5.41 Å². The van der Waals surface area contributed by atoms with Gasteiger partial charge < -0.3 is 19.5 Å². The molecule has 1 N–H and O–H groups in total. The number of unbranched alkanes of at least 4 members (excludes halogenated alkanes) is 2. The summed E-state index contributed by atoms with van der Waals surface area (Å²) in [6.45, 7) is 11.5. The minimum atomic E-state index is -4.34. The minimum Gasteiger partial charge on any atom is -0.550 e. The summed E-state index contributed by atoms with van der Waals surface area (Å²) in [5.41, 5.74) is 2.30. The van der Waals surface area contributed by atoms with Crippen molar-refractivity contribution in [3.8, 4) is 5.75 Å². The zero-order chi connectivity index (χ0) is 33.5. The van der Waals surface area contributed by atoms with E-state index in [1.54, 1.807) is 0 Å². The van der Waals surface area contributed by atoms with Gasteiger partial charge in [-0.15, -0.1) is 0 Å². The molecule has 12 nitrogen and oxygen atoms in total. The van der Waals surface area contributed by atoms with Crippen molar-refractivity contribution in [1.29, 1.82) is 0 Å². The standard InChI is InChI=1S/C32H43N3O9S.Na/c1-6-33(7-2)22-13-15-24-26(32(3,4)5)21-23(44-27(24)20-22)14-16-25-29(38)34(17-10-8-9-12-28(36)37)31(40)35(30(25)39)18-11-19-45(41,42)43;/h13-16,20-21H,6-12,17-19H2,1-5H3,(H,36,37)(H,41,42,43);/q;+1/p-1/b23-14+,25-16-;. The van der Waals surface area contributed by atoms with Gasteiger partial charge >= 0.3 is 35.6 Å². The minimum absolute atomic E-state index is 0. The second-order valence-corrected chi connectivity index (χ2v) is 13.5. The van der Waals surface area contributed by atoms with Crippen LogP contribution in [0.25, 0.3) is 5.57 Å². The third kappa shape index (κ3) is 10.3. The van der Waals surface area contributed by atoms with Crippen molar-refractivity contribution in [2.45, 2.75) is 66.7 Å². The SMILES string of the molecule is CCN(CC)c1ccc2c(c1)O/C(=C/C=C1/C(=O)N(CCCCCC(=O)[O-])C(=O)N(CCCS(=O)(=O)O)C1=O)C=C2C(C)(C)C.[Na+]. The normalized spacial score (nSPS) is 17.1. The molecule has 1 saturated heterocycles. The Bertz CT molecular complexity index is 1520. The van der Waals surface area contributed by atoms with E-state index in [1.807, 2.05) is 24.3 Å². The maximum atomic E-state index is 13.4. The van der Waals surface area contributed by atoms with Crippen LogP contribution in [-0.2, 0) is 24.5 Å². The second-order valence-electron chi connectivity index (χ2n) is 11.9. The van der Waals surface area contributed by atoms with Crippen LogP contribution in [0.1, 0.15) is 72.3 Å². The molecule has 0 spiro atoms. The van der Waals surface area contributed by atoms with E-state index in [9.17, 15) is 32.7 Å². The Labute approximate surface area is 293 Å². The quantitative estimate of drug-likeness (QED) is 0.0974. The molecule has 46 heavy (non-hydrogen) atoms. The molecule has 3 rings (SSSR count). The van der Waals surface area contributed by atoms with Crippen LogP contribution < -0.4 is 44.3 Å². The zero-order valence-corrected chi connectivity index (χ0v) is 30.3. The summed E-state index contributed by atoms with van der Waals surface area (Å²) in [5, 5.41) is 10.7. The van der Waals surface area contributed by atoms with Gasteiger partial charge in [0.1, 0.15) is 17.1 Å². The molecule has 246 valence electrons. The number of carboxylic acids is 1. The monoisotopic (exact) mass is 667 g/mol. The number of hydrogen-bond acceptors (Lipinski definition) is 9. The Morgan fingerprint density at radius 3 is 2.13 bits per heavy atom. The van der Waals surface area contributed by atoms with Crippen LogP contribution in [0.3, 0.4) is 0 Å². The molecule has 0 radical (unpaired) electrons. The summed E-state index contributed by atoms with van der Waals surface area (Å²) in [6.07, 6.45) is 5.22. The fourth-order valence-corrected chi connectivity index (χ4v) is 5.70. The van der Waals surface area contributed by atoms with Crippen LogP contribution in [0.4, 0.5) is 10.5 Å². The van der Waals surface area contributed by atoms with Crippen LogP contribution in [-0.4, -0.2) is 78.5 Å². The van der Waals surface area contributed by atoms with Crippen LogP contribution in [0.15, 0.2) is 47.8 Å². The van der Waals surface area contributed by atoms with Gasteiger partial charge in [-0.3, -0.25) is 23.9 Å². The topological polar surface area (TPSA) is 165 Å². The molecule has 14 heteroatoms. The second kappa shape index (κ2) is 16.7. The third-order valence-corrected chi connectivity index (χ3v) is 8.38. The fourth-order valence-electron chi connectivity index (χ4n) is 5.21. The van der Waals surface area contributed by atoms with Gasteiger partial charge in [0.05, 0.1) is 5.75 Å². The van der Waals surface area contributed by atoms with E-state index in [4.69, 9.17) is 9.29 Å². The summed E-state index contributed by atoms with van der Waals surface area (Å²) >= 11 is 0. The van der Waals surface area contributed by atoms with E-state index < -0.39 is 39.7 Å². The largest absolute Gasteiger partial charge is 1.00 e. The number of nitrogens with zero attached hydrogens (tertiary/aromatic N) is 3. The Hall–Kier alpha value is -2.97. The molecule has 2 aliphatic heterocycles. The number of anilines is 1. The van der Waals surface area contributed by atoms with Gasteiger partial charge in [-0.1, -0.05) is 27.2 Å². The molecule has 0 bridgehead atoms. The summed E-state index contributed by atoms with van der Waals surface area (Å²) in [7, 11) is -4.34. The number of aliphatic carboxylic acids is 1. The number of carbonyl (C=O) groups is 4. The van der Waals surface area contributed by atoms with Gasteiger partial charge in [0.15, 0.2) is 0 Å². The number of amides is 4. The van der Waals surface area contributed by atoms with E-state index in [0.29, 0.717) is 30.8 Å². The summed E-state index contributed by atoms with van der Waals surface area (Å²) in [6, 6.07) is 5.11. The van der Waals surface area contributed by atoms with Gasteiger partial charge in [0.25, 0.3) is 21.9 Å². The average molecular weight is 668 g/mol. The predicted octanol–water partition coefficient (Wildman–Crippen LogP) is 0.548. The third-order valence-electron chi connectivity index (χ3n) is 7.58. The molecule has 0 aromatic heterocycles. The smallest absolute Gasteiger partial charge is 0.550 e. The van der Waals surface area contributed by atoms with Gasteiger partial charge in [-0.25, -0.2) is 4.79 Å². The fraction of sp³-hybridized carbons (Fsp3) is 0.500. The first-order valence-electron chi connectivity index (χ1n) is 15.1. The van der Waals surface area contributed by atoms with E-state index in [-0.39, 0.29) is 66.5 Å². The molecule has 2 heterocycles. The number of urea groups is 1. The zero-order valence-electron chi connectivity index (χ0n) is 27.5. The van der Waals surface area contributed by atoms with Crippen LogP contribution in [0.2, 0.25) is 0 Å². The number of fused-ring (bicyclic) bond motifs is 1. The Morgan fingerprint density at radius 1 is 0.978 bits per heavy atom. The maximum absolute atomic E-state index is 13.4. The summed E-state index contributed by atoms with van der Waals surface area (Å²) < 4.78 is 37.8. The Balaban J connectivity index is 0.00000736. The first-order valence-corrected chi connectivity index (χ1v) is 16.7. The molecule has 0 saturated carbocycles. The molecule has 0 aliphatic carbocycles. The van der Waals surface area contributed by atoms with Crippen molar-refractivity contribution >= 4 is 45.2 Å². The number of benzene rings is 1. The van der Waals surface area contributed by atoms with Gasteiger partial charge in [0.2, 0.25) is 0 Å². The molecule has 0 unspecified atom stereocenters. The number of hydrogen-bond donors (Lipinski definition) is 1. The molecule has 0 atom stereocenters. The van der Waals surface area contributed by atoms with Crippen molar-refractivity contribution in [2.75, 3.05) is 36.8 Å². The number of barbiturate groups is 1. The number of allylic oxidation sites excluding steroid dienone is 4. The van der Waals surface area contributed by atoms with Crippen molar-refractivity contribution < 1.29 is 71.5 Å². The van der Waals surface area contributed by atoms with Crippen molar-refractivity contribution in [2.24, 2.45) is 5.41 Å². The average Bonchev–Trinajstić information content (AvgIpc) is 2.95. The first kappa shape index (κ1) is 39.2. The van der Waals surface area contributed by atoms with E-state index >= 15 is 0 Å². The van der Waals surface area contributed by atoms with Gasteiger partial charge in [0, 0.05) is 49.5 Å². The molecular weight excluding hydrogens is 625 g/mol. The van der Waals surface area contributed by atoms with E-state index in [0.717, 1.165) is 39.7 Å². The molecule has 1 aromatic rings. The van der Waals surface area contributed by atoms with Gasteiger partial charge in [-0.05, 0) is 80.9 Å². The van der Waals surface area contributed by atoms with Crippen molar-refractivity contribution in [3.63, 3.8) is 0 Å². The number of carbonyl (C=O) groups excluding carboxylic acids is 4. The van der Waals surface area contributed by atoms with E-state index in [1.165, 1.54) is 12.2 Å². The number of ether oxygens (including phenoxy) is 1. The first-order chi connectivity index (χ1) is 21.1. The molecule has 1 aromatic carbocycles. The van der Waals surface area contributed by atoms with E-state index in [2.05, 4.69) is 39.5 Å². The molecule has 1 fully saturated rings. The molecule has 4 amide bonds. The predicted molar refractivity (Wildman–Crippen MR) is 168 cm³/mol. The Morgan fingerprint density at radius 2 is 1.59 bits per heavy atom. The van der Waals surface area contributed by atoms with Crippen molar-refractivity contribution in [3.05, 3.63) is 53.3 Å². The summed E-state index contributed by atoms with van der Waals surface area (Å²) in [5.74, 6) is -2.60. The van der Waals surface area contributed by atoms with Gasteiger partial charge in [-0.2, -0.15) is 8.42 Å². The van der Waals surface area contributed by atoms with Crippen LogP contribution >= 0.6 is 0 Å². The maximum Gasteiger partial charge on any atom is 1.00 e. The molecular formula is C32H42N3NaO9S. The molecule has 2 aliphatic rings. The van der Waals surface area contributed by atoms with Crippen molar-refractivity contribution in [1.82, 2.24) is 9.80 Å².